The number of aromatic nitrogens is 3. The number of imidazole rings is 1. The quantitative estimate of drug-likeness (QED) is 0.549. The molecular weight excluding hydrogens is 152 g/mol. The molecule has 58 valence electrons. The van der Waals surface area contributed by atoms with Crippen LogP contribution in [0.5, 0.6) is 0 Å². The van der Waals surface area contributed by atoms with Crippen molar-refractivity contribution in [1.82, 2.24) is 15.0 Å². The molecule has 4 heteroatoms. The van der Waals surface area contributed by atoms with Gasteiger partial charge in [0.1, 0.15) is 11.3 Å². The van der Waals surface area contributed by atoms with E-state index in [1.807, 2.05) is 0 Å². The second kappa shape index (κ2) is 2.24. The highest BCUT2D eigenvalue weighted by atomic mass is 14.9. The summed E-state index contributed by atoms with van der Waals surface area (Å²) >= 11 is 0. The van der Waals surface area contributed by atoms with Crippen molar-refractivity contribution < 1.29 is 0 Å². The summed E-state index contributed by atoms with van der Waals surface area (Å²) in [5.74, 6) is 2.80. The fraction of sp³-hybridized carbons (Fsp3) is 0. The number of aromatic amines is 1. The van der Waals surface area contributed by atoms with E-state index in [2.05, 4.69) is 20.9 Å². The Balaban J connectivity index is 2.94. The third kappa shape index (κ3) is 0.736. The van der Waals surface area contributed by atoms with Crippen LogP contribution in [0.4, 0.5) is 5.82 Å². The molecule has 3 N–H and O–H groups in total. The lowest BCUT2D eigenvalue weighted by atomic mass is 10.2. The van der Waals surface area contributed by atoms with Crippen LogP contribution in [-0.2, 0) is 0 Å². The third-order valence-electron chi connectivity index (χ3n) is 1.64. The van der Waals surface area contributed by atoms with Crippen LogP contribution in [0.25, 0.3) is 11.0 Å². The second-order valence-electron chi connectivity index (χ2n) is 2.33. The molecular formula is C8H6N4. The van der Waals surface area contributed by atoms with Gasteiger partial charge in [0.2, 0.25) is 0 Å². The van der Waals surface area contributed by atoms with E-state index in [9.17, 15) is 0 Å². The van der Waals surface area contributed by atoms with Gasteiger partial charge in [0, 0.05) is 0 Å². The highest BCUT2D eigenvalue weighted by Crippen LogP contribution is 2.16. The SMILES string of the molecule is C#Cc1c(N)ncc2[nH]cnc12. The van der Waals surface area contributed by atoms with Gasteiger partial charge in [-0.3, -0.25) is 0 Å². The van der Waals surface area contributed by atoms with Crippen molar-refractivity contribution in [3.8, 4) is 12.3 Å². The lowest BCUT2D eigenvalue weighted by molar-refractivity contribution is 1.33. The molecule has 0 aliphatic heterocycles. The Morgan fingerprint density at radius 1 is 1.50 bits per heavy atom. The smallest absolute Gasteiger partial charge is 0.141 e. The summed E-state index contributed by atoms with van der Waals surface area (Å²) in [7, 11) is 0. The van der Waals surface area contributed by atoms with Crippen LogP contribution in [0.15, 0.2) is 12.5 Å². The number of terminal acetylenes is 1. The zero-order valence-corrected chi connectivity index (χ0v) is 6.20. The molecule has 0 saturated heterocycles. The van der Waals surface area contributed by atoms with E-state index in [-0.39, 0.29) is 0 Å². The summed E-state index contributed by atoms with van der Waals surface area (Å²) in [6.07, 6.45) is 8.42. The topological polar surface area (TPSA) is 67.6 Å². The summed E-state index contributed by atoms with van der Waals surface area (Å²) in [5.41, 5.74) is 7.60. The second-order valence-corrected chi connectivity index (χ2v) is 2.33. The fourth-order valence-corrected chi connectivity index (χ4v) is 1.06. The fourth-order valence-electron chi connectivity index (χ4n) is 1.06. The van der Waals surface area contributed by atoms with Crippen LogP contribution >= 0.6 is 0 Å². The van der Waals surface area contributed by atoms with E-state index in [4.69, 9.17) is 12.2 Å². The number of rotatable bonds is 0. The molecule has 0 aliphatic rings. The van der Waals surface area contributed by atoms with Crippen molar-refractivity contribution in [2.24, 2.45) is 0 Å². The molecule has 0 aliphatic carbocycles. The number of nitrogens with zero attached hydrogens (tertiary/aromatic N) is 2. The molecule has 0 amide bonds. The molecule has 2 aromatic heterocycles. The van der Waals surface area contributed by atoms with Crippen LogP contribution in [0.3, 0.4) is 0 Å². The molecule has 0 radical (unpaired) electrons. The lowest BCUT2D eigenvalue weighted by Gasteiger charge is -1.96. The number of nitrogen functional groups attached to an aromatic ring is 1. The molecule has 2 rings (SSSR count). The largest absolute Gasteiger partial charge is 0.383 e. The summed E-state index contributed by atoms with van der Waals surface area (Å²) in [4.78, 5) is 10.8. The van der Waals surface area contributed by atoms with Gasteiger partial charge in [0.15, 0.2) is 0 Å². The number of fused-ring (bicyclic) bond motifs is 1. The van der Waals surface area contributed by atoms with Crippen LogP contribution in [0, 0.1) is 12.3 Å². The molecule has 0 unspecified atom stereocenters. The monoisotopic (exact) mass is 158 g/mol. The van der Waals surface area contributed by atoms with Gasteiger partial charge < -0.3 is 10.7 Å². The van der Waals surface area contributed by atoms with Crippen LogP contribution in [-0.4, -0.2) is 15.0 Å². The van der Waals surface area contributed by atoms with Gasteiger partial charge in [-0.05, 0) is 0 Å². The van der Waals surface area contributed by atoms with Gasteiger partial charge in [-0.25, -0.2) is 9.97 Å². The maximum atomic E-state index is 5.55. The van der Waals surface area contributed by atoms with E-state index >= 15 is 0 Å². The maximum Gasteiger partial charge on any atom is 0.141 e. The normalized spacial score (nSPS) is 9.92. The number of nitrogens with two attached hydrogens (primary N) is 1. The predicted molar refractivity (Wildman–Crippen MR) is 46.2 cm³/mol. The first-order valence-electron chi connectivity index (χ1n) is 3.37. The van der Waals surface area contributed by atoms with Crippen LogP contribution in [0.2, 0.25) is 0 Å². The minimum absolute atomic E-state index is 0.345. The third-order valence-corrected chi connectivity index (χ3v) is 1.64. The van der Waals surface area contributed by atoms with Crippen molar-refractivity contribution in [2.75, 3.05) is 5.73 Å². The number of pyridine rings is 1. The molecule has 0 spiro atoms. The van der Waals surface area contributed by atoms with Crippen molar-refractivity contribution in [3.63, 3.8) is 0 Å². The molecule has 4 nitrogen and oxygen atoms in total. The summed E-state index contributed by atoms with van der Waals surface area (Å²) < 4.78 is 0. The number of hydrogen-bond donors (Lipinski definition) is 2. The average molecular weight is 158 g/mol. The van der Waals surface area contributed by atoms with Gasteiger partial charge in [-0.2, -0.15) is 0 Å². The summed E-state index contributed by atoms with van der Waals surface area (Å²) in [6.45, 7) is 0. The van der Waals surface area contributed by atoms with E-state index < -0.39 is 0 Å². The lowest BCUT2D eigenvalue weighted by Crippen LogP contribution is -1.94. The molecule has 0 saturated carbocycles. The molecule has 2 heterocycles. The highest BCUT2D eigenvalue weighted by molar-refractivity contribution is 5.84. The molecule has 0 fully saturated rings. The Morgan fingerprint density at radius 2 is 2.33 bits per heavy atom. The van der Waals surface area contributed by atoms with Gasteiger partial charge in [-0.1, -0.05) is 5.92 Å². The molecule has 0 aromatic carbocycles. The van der Waals surface area contributed by atoms with Gasteiger partial charge >= 0.3 is 0 Å². The number of nitrogens with one attached hydrogen (secondary N) is 1. The van der Waals surface area contributed by atoms with E-state index in [0.29, 0.717) is 16.9 Å². The Labute approximate surface area is 68.8 Å². The Bertz CT molecular complexity index is 463. The van der Waals surface area contributed by atoms with E-state index in [0.717, 1.165) is 5.52 Å². The van der Waals surface area contributed by atoms with Crippen molar-refractivity contribution in [1.29, 1.82) is 0 Å². The van der Waals surface area contributed by atoms with Gasteiger partial charge in [0.05, 0.1) is 23.6 Å². The first kappa shape index (κ1) is 6.68. The highest BCUT2D eigenvalue weighted by Gasteiger charge is 2.05. The van der Waals surface area contributed by atoms with Crippen molar-refractivity contribution >= 4 is 16.9 Å². The molecule has 0 atom stereocenters. The zero-order valence-electron chi connectivity index (χ0n) is 6.20. The van der Waals surface area contributed by atoms with Crippen molar-refractivity contribution in [3.05, 3.63) is 18.1 Å². The predicted octanol–water partition coefficient (Wildman–Crippen LogP) is 0.521. The Kier molecular flexibility index (Phi) is 1.25. The van der Waals surface area contributed by atoms with Crippen molar-refractivity contribution in [2.45, 2.75) is 0 Å². The number of hydrogen-bond acceptors (Lipinski definition) is 3. The molecule has 2 aromatic rings. The van der Waals surface area contributed by atoms with E-state index in [1.54, 1.807) is 12.5 Å². The minimum atomic E-state index is 0.345. The Hall–Kier alpha value is -2.02. The summed E-state index contributed by atoms with van der Waals surface area (Å²) in [6, 6.07) is 0. The van der Waals surface area contributed by atoms with Crippen LogP contribution < -0.4 is 5.73 Å². The maximum absolute atomic E-state index is 5.55. The number of H-pyrrole nitrogens is 1. The molecule has 0 bridgehead atoms. The number of anilines is 1. The average Bonchev–Trinajstić information content (AvgIpc) is 2.52. The first-order chi connectivity index (χ1) is 5.83. The van der Waals surface area contributed by atoms with E-state index in [1.165, 1.54) is 0 Å². The van der Waals surface area contributed by atoms with Gasteiger partial charge in [-0.15, -0.1) is 6.42 Å². The van der Waals surface area contributed by atoms with Gasteiger partial charge in [0.25, 0.3) is 0 Å². The Morgan fingerprint density at radius 3 is 3.08 bits per heavy atom. The van der Waals surface area contributed by atoms with Crippen LogP contribution in [0.1, 0.15) is 5.56 Å². The summed E-state index contributed by atoms with van der Waals surface area (Å²) in [5, 5.41) is 0. The minimum Gasteiger partial charge on any atom is -0.383 e. The first-order valence-corrected chi connectivity index (χ1v) is 3.37. The zero-order chi connectivity index (χ0) is 8.55. The molecule has 12 heavy (non-hydrogen) atoms. The standard InChI is InChI=1S/C8H6N4/c1-2-5-7-6(11-4-12-7)3-10-8(5)9/h1,3-4H,(H2,9,10)(H,11,12).